The molecule has 0 saturated carbocycles. The maximum Gasteiger partial charge on any atom is 0.301 e. The average molecular weight is 274 g/mol. The first-order chi connectivity index (χ1) is 7.00. The molecule has 84 valence electrons. The van der Waals surface area contributed by atoms with E-state index in [4.69, 9.17) is 11.6 Å². The summed E-state index contributed by atoms with van der Waals surface area (Å²) in [6, 6.07) is 0. The topological polar surface area (TPSA) is 12.9 Å². The zero-order valence-corrected chi connectivity index (χ0v) is 9.86. The number of allylic oxidation sites excluding steroid dienone is 1. The normalized spacial score (nSPS) is 12.5. The number of halogens is 4. The van der Waals surface area contributed by atoms with Crippen LogP contribution in [0.2, 0.25) is 4.34 Å². The highest BCUT2D eigenvalue weighted by Crippen LogP contribution is 2.33. The lowest BCUT2D eigenvalue weighted by atomic mass is 10.4. The van der Waals surface area contributed by atoms with Crippen LogP contribution in [0.5, 0.6) is 0 Å². The third-order valence-electron chi connectivity index (χ3n) is 1.48. The zero-order valence-electron chi connectivity index (χ0n) is 7.47. The molecular formula is C8H7ClF3NS2. The number of hydrogen-bond donors (Lipinski definition) is 0. The van der Waals surface area contributed by atoms with Crippen LogP contribution in [0.1, 0.15) is 6.42 Å². The van der Waals surface area contributed by atoms with E-state index >= 15 is 0 Å². The molecule has 1 nitrogen and oxygen atoms in total. The van der Waals surface area contributed by atoms with Gasteiger partial charge in [-0.2, -0.15) is 8.78 Å². The number of thiazole rings is 1. The molecule has 1 unspecified atom stereocenters. The minimum absolute atomic E-state index is 0.215. The molecular weight excluding hydrogens is 267 g/mol. The van der Waals surface area contributed by atoms with Crippen LogP contribution >= 0.6 is 33.4 Å². The second-order valence-electron chi connectivity index (χ2n) is 2.54. The van der Waals surface area contributed by atoms with E-state index in [2.05, 4.69) is 10.9 Å². The van der Waals surface area contributed by atoms with Crippen molar-refractivity contribution in [3.63, 3.8) is 0 Å². The fourth-order valence-electron chi connectivity index (χ4n) is 0.768. The van der Waals surface area contributed by atoms with Crippen LogP contribution in [0.25, 0.3) is 0 Å². The summed E-state index contributed by atoms with van der Waals surface area (Å²) < 4.78 is 37.1. The van der Waals surface area contributed by atoms with E-state index in [-0.39, 0.29) is 12.2 Å². The Balaban J connectivity index is 2.54. The lowest BCUT2D eigenvalue weighted by Crippen LogP contribution is -1.85. The third kappa shape index (κ3) is 3.96. The summed E-state index contributed by atoms with van der Waals surface area (Å²) in [5.74, 6) is 2.57. The van der Waals surface area contributed by atoms with Crippen LogP contribution in [0, 0.1) is 0 Å². The van der Waals surface area contributed by atoms with Gasteiger partial charge in [-0.3, -0.25) is 0 Å². The van der Waals surface area contributed by atoms with Crippen molar-refractivity contribution >= 4 is 39.3 Å². The summed E-state index contributed by atoms with van der Waals surface area (Å²) in [6.07, 6.45) is -1.11. The largest absolute Gasteiger partial charge is 0.301 e. The highest BCUT2D eigenvalue weighted by atomic mass is 35.5. The Bertz CT molecular complexity index is 398. The van der Waals surface area contributed by atoms with Crippen molar-refractivity contribution in [3.8, 4) is 0 Å². The monoisotopic (exact) mass is 273 g/mol. The van der Waals surface area contributed by atoms with Crippen LogP contribution < -0.4 is 0 Å². The van der Waals surface area contributed by atoms with E-state index < -0.39 is 22.4 Å². The summed E-state index contributed by atoms with van der Waals surface area (Å²) in [7, 11) is -0.584. The number of nitrogens with zero attached hydrogens (tertiary/aromatic N) is 1. The highest BCUT2D eigenvalue weighted by Gasteiger charge is 2.08. The zero-order chi connectivity index (χ0) is 11.4. The van der Waals surface area contributed by atoms with Gasteiger partial charge >= 0.3 is 6.08 Å². The highest BCUT2D eigenvalue weighted by molar-refractivity contribution is 8.15. The van der Waals surface area contributed by atoms with Crippen molar-refractivity contribution < 1.29 is 13.2 Å². The van der Waals surface area contributed by atoms with Crippen molar-refractivity contribution in [2.75, 3.05) is 5.75 Å². The van der Waals surface area contributed by atoms with Crippen molar-refractivity contribution in [2.24, 2.45) is 0 Å². The van der Waals surface area contributed by atoms with Crippen LogP contribution in [0.3, 0.4) is 0 Å². The van der Waals surface area contributed by atoms with E-state index in [1.807, 2.05) is 0 Å². The quantitative estimate of drug-likeness (QED) is 0.745. The maximum absolute atomic E-state index is 12.5. The Kier molecular flexibility index (Phi) is 4.82. The van der Waals surface area contributed by atoms with Gasteiger partial charge in [-0.05, 0) is 0 Å². The van der Waals surface area contributed by atoms with Gasteiger partial charge in [0.2, 0.25) is 0 Å². The van der Waals surface area contributed by atoms with Gasteiger partial charge in [-0.15, -0.1) is 10.5 Å². The molecule has 1 aromatic heterocycles. The van der Waals surface area contributed by atoms with Crippen molar-refractivity contribution in [1.82, 2.24) is 4.98 Å². The van der Waals surface area contributed by atoms with Crippen LogP contribution in [0.15, 0.2) is 22.4 Å². The molecule has 0 spiro atoms. The van der Waals surface area contributed by atoms with Crippen molar-refractivity contribution in [3.05, 3.63) is 22.4 Å². The lowest BCUT2D eigenvalue weighted by molar-refractivity contribution is 0.373. The van der Waals surface area contributed by atoms with E-state index in [0.717, 1.165) is 0 Å². The minimum Gasteiger partial charge on any atom is -0.237 e. The molecule has 0 saturated heterocycles. The first kappa shape index (κ1) is 12.7. The summed E-state index contributed by atoms with van der Waals surface area (Å²) >= 11 is 6.88. The molecule has 0 aliphatic carbocycles. The molecule has 0 N–H and O–H groups in total. The molecule has 0 aliphatic heterocycles. The number of rotatable bonds is 4. The Labute approximate surface area is 96.5 Å². The summed E-state index contributed by atoms with van der Waals surface area (Å²) in [5, 5.41) is 0. The fourth-order valence-corrected chi connectivity index (χ4v) is 3.34. The first-order valence-corrected chi connectivity index (χ1v) is 6.58. The van der Waals surface area contributed by atoms with Gasteiger partial charge in [-0.1, -0.05) is 28.8 Å². The fraction of sp³-hybridized carbons (Fsp3) is 0.250. The molecule has 7 heteroatoms. The summed E-state index contributed by atoms with van der Waals surface area (Å²) in [6.45, 7) is 0. The molecule has 1 rings (SSSR count). The molecule has 1 atom stereocenters. The van der Waals surface area contributed by atoms with Gasteiger partial charge in [0.15, 0.2) is 5.83 Å². The van der Waals surface area contributed by atoms with Crippen LogP contribution in [-0.2, 0) is 0 Å². The molecule has 1 aromatic rings. The maximum atomic E-state index is 12.5. The molecule has 0 aromatic carbocycles. The van der Waals surface area contributed by atoms with Crippen LogP contribution in [-0.4, -0.2) is 16.6 Å². The molecule has 1 heterocycles. The van der Waals surface area contributed by atoms with E-state index in [0.29, 0.717) is 8.68 Å². The lowest BCUT2D eigenvalue weighted by Gasteiger charge is -2.01. The Morgan fingerprint density at radius 2 is 2.20 bits per heavy atom. The van der Waals surface area contributed by atoms with Gasteiger partial charge in [0.1, 0.15) is 8.68 Å². The Hall–Kier alpha value is -0.330. The van der Waals surface area contributed by atoms with Crippen molar-refractivity contribution in [1.29, 1.82) is 0 Å². The van der Waals surface area contributed by atoms with Gasteiger partial charge in [0.05, 0.1) is 6.20 Å². The van der Waals surface area contributed by atoms with Gasteiger partial charge in [0.25, 0.3) is 0 Å². The Morgan fingerprint density at radius 1 is 1.53 bits per heavy atom. The second kappa shape index (κ2) is 5.67. The minimum atomic E-state index is -2.26. The predicted molar refractivity (Wildman–Crippen MR) is 59.9 cm³/mol. The molecule has 0 aliphatic rings. The second-order valence-corrected chi connectivity index (χ2v) is 6.24. The smallest absolute Gasteiger partial charge is 0.237 e. The molecule has 0 fully saturated rings. The Morgan fingerprint density at radius 3 is 2.67 bits per heavy atom. The predicted octanol–water partition coefficient (Wildman–Crippen LogP) is 4.32. The summed E-state index contributed by atoms with van der Waals surface area (Å²) in [5.41, 5.74) is 0. The molecule has 0 bridgehead atoms. The standard InChI is InChI=1S/C8H7ClF3NS2/c1-15(3-2-5(10)7(11)12)8-13-4-6(9)14-8/h4H,1-3H2. The van der Waals surface area contributed by atoms with Gasteiger partial charge < -0.3 is 0 Å². The third-order valence-corrected chi connectivity index (χ3v) is 4.64. The van der Waals surface area contributed by atoms with E-state index in [9.17, 15) is 13.2 Å². The van der Waals surface area contributed by atoms with E-state index in [1.54, 1.807) is 0 Å². The van der Waals surface area contributed by atoms with Crippen molar-refractivity contribution in [2.45, 2.75) is 10.8 Å². The first-order valence-electron chi connectivity index (χ1n) is 3.82. The summed E-state index contributed by atoms with van der Waals surface area (Å²) in [4.78, 5) is 3.95. The molecule has 0 amide bonds. The molecule has 0 radical (unpaired) electrons. The van der Waals surface area contributed by atoms with Gasteiger partial charge in [-0.25, -0.2) is 9.37 Å². The van der Waals surface area contributed by atoms with E-state index in [1.165, 1.54) is 17.5 Å². The number of hydrogen-bond acceptors (Lipinski definition) is 2. The van der Waals surface area contributed by atoms with Crippen LogP contribution in [0.4, 0.5) is 13.2 Å². The van der Waals surface area contributed by atoms with Gasteiger partial charge in [0, 0.05) is 12.2 Å². The molecule has 15 heavy (non-hydrogen) atoms. The SMILES string of the molecule is C=S(CCC(F)=C(F)F)c1ncc(Cl)s1. The average Bonchev–Trinajstić information content (AvgIpc) is 2.60. The number of aromatic nitrogens is 1.